The Kier molecular flexibility index (Phi) is 52.1. The molecule has 0 aliphatic heterocycles. The first-order valence-electron chi connectivity index (χ1n) is 30.7. The molecule has 0 bridgehead atoms. The highest BCUT2D eigenvalue weighted by molar-refractivity contribution is 7.47. The van der Waals surface area contributed by atoms with Gasteiger partial charge in [-0.05, 0) is 44.9 Å². The first kappa shape index (κ1) is 69.0. The van der Waals surface area contributed by atoms with Crippen LogP contribution in [0.3, 0.4) is 0 Å². The molecule has 8 nitrogen and oxygen atoms in total. The van der Waals surface area contributed by atoms with Crippen molar-refractivity contribution < 1.29 is 32.9 Å². The zero-order valence-corrected chi connectivity index (χ0v) is 48.4. The fourth-order valence-electron chi connectivity index (χ4n) is 9.37. The summed E-state index contributed by atoms with van der Waals surface area (Å²) in [4.78, 5) is 23.4. The number of phosphoric acid groups is 1. The summed E-state index contributed by atoms with van der Waals surface area (Å²) >= 11 is 0. The third kappa shape index (κ3) is 54.7. The number of phosphoric ester groups is 1. The van der Waals surface area contributed by atoms with E-state index in [1.807, 2.05) is 21.1 Å². The van der Waals surface area contributed by atoms with E-state index >= 15 is 0 Å². The number of aliphatic hydroxyl groups is 1. The Morgan fingerprint density at radius 2 is 0.814 bits per heavy atom. The number of nitrogens with one attached hydrogen (secondary N) is 1. The molecule has 0 aliphatic rings. The molecule has 0 aromatic rings. The Morgan fingerprint density at radius 1 is 0.486 bits per heavy atom. The molecule has 0 radical (unpaired) electrons. The van der Waals surface area contributed by atoms with Crippen LogP contribution in [0.1, 0.15) is 309 Å². The molecule has 0 saturated heterocycles. The molecule has 416 valence electrons. The average molecular weight is 1010 g/mol. The van der Waals surface area contributed by atoms with Gasteiger partial charge >= 0.3 is 7.82 Å². The minimum absolute atomic E-state index is 0.0742. The third-order valence-corrected chi connectivity index (χ3v) is 15.2. The van der Waals surface area contributed by atoms with Crippen molar-refractivity contribution in [1.29, 1.82) is 0 Å². The summed E-state index contributed by atoms with van der Waals surface area (Å²) < 4.78 is 23.8. The quantitative estimate of drug-likeness (QED) is 0.0243. The van der Waals surface area contributed by atoms with Crippen LogP contribution in [-0.4, -0.2) is 73.4 Å². The zero-order chi connectivity index (χ0) is 51.3. The molecular formula is C61H122N2O6P+. The number of hydrogen-bond acceptors (Lipinski definition) is 5. The Balaban J connectivity index is 4.14. The molecule has 0 saturated carbocycles. The number of hydrogen-bond donors (Lipinski definition) is 3. The number of carbonyl (C=O) groups excluding carboxylic acids is 1. The van der Waals surface area contributed by atoms with Gasteiger partial charge in [0.15, 0.2) is 0 Å². The van der Waals surface area contributed by atoms with Crippen LogP contribution >= 0.6 is 7.82 Å². The summed E-state index contributed by atoms with van der Waals surface area (Å²) in [5.74, 6) is -0.147. The van der Waals surface area contributed by atoms with E-state index in [-0.39, 0.29) is 19.1 Å². The molecule has 0 aliphatic carbocycles. The summed E-state index contributed by atoms with van der Waals surface area (Å²) in [7, 11) is 1.62. The Hall–Kier alpha value is -1.02. The molecule has 0 aromatic heterocycles. The van der Waals surface area contributed by atoms with Gasteiger partial charge in [-0.1, -0.05) is 282 Å². The second-order valence-corrected chi connectivity index (χ2v) is 23.9. The maximum atomic E-state index is 13.0. The Labute approximate surface area is 436 Å². The second-order valence-electron chi connectivity index (χ2n) is 22.4. The molecule has 0 fully saturated rings. The van der Waals surface area contributed by atoms with Crippen molar-refractivity contribution in [3.63, 3.8) is 0 Å². The number of nitrogens with zero attached hydrogens (tertiary/aromatic N) is 1. The van der Waals surface area contributed by atoms with Crippen molar-refractivity contribution in [2.24, 2.45) is 0 Å². The highest BCUT2D eigenvalue weighted by Crippen LogP contribution is 2.43. The van der Waals surface area contributed by atoms with Crippen LogP contribution in [0.2, 0.25) is 0 Å². The smallest absolute Gasteiger partial charge is 0.391 e. The molecule has 0 heterocycles. The van der Waals surface area contributed by atoms with Gasteiger partial charge in [0.25, 0.3) is 0 Å². The van der Waals surface area contributed by atoms with Gasteiger partial charge in [0.2, 0.25) is 5.91 Å². The fourth-order valence-corrected chi connectivity index (χ4v) is 10.1. The van der Waals surface area contributed by atoms with Gasteiger partial charge in [0.1, 0.15) is 13.2 Å². The number of likely N-dealkylation sites (N-methyl/N-ethyl adjacent to an activating group) is 1. The van der Waals surface area contributed by atoms with Crippen molar-refractivity contribution in [3.8, 4) is 0 Å². The van der Waals surface area contributed by atoms with Gasteiger partial charge in [-0.2, -0.15) is 0 Å². The van der Waals surface area contributed by atoms with Crippen molar-refractivity contribution in [3.05, 3.63) is 24.3 Å². The van der Waals surface area contributed by atoms with Gasteiger partial charge in [0, 0.05) is 6.42 Å². The summed E-state index contributed by atoms with van der Waals surface area (Å²) in [6, 6.07) is -0.765. The number of quaternary nitrogens is 1. The lowest BCUT2D eigenvalue weighted by Gasteiger charge is -2.26. The zero-order valence-electron chi connectivity index (χ0n) is 47.5. The predicted molar refractivity (Wildman–Crippen MR) is 305 cm³/mol. The molecular weight excluding hydrogens is 888 g/mol. The molecule has 1 amide bonds. The molecule has 0 aromatic carbocycles. The maximum Gasteiger partial charge on any atom is 0.472 e. The topological polar surface area (TPSA) is 105 Å². The number of allylic oxidation sites excluding steroid dienone is 4. The van der Waals surface area contributed by atoms with Crippen LogP contribution in [0.25, 0.3) is 0 Å². The van der Waals surface area contributed by atoms with Crippen LogP contribution in [-0.2, 0) is 18.4 Å². The van der Waals surface area contributed by atoms with Gasteiger partial charge in [-0.15, -0.1) is 0 Å². The normalized spacial score (nSPS) is 14.0. The summed E-state index contributed by atoms with van der Waals surface area (Å²) in [6.45, 7) is 4.93. The lowest BCUT2D eigenvalue weighted by Crippen LogP contribution is -2.46. The first-order valence-corrected chi connectivity index (χ1v) is 32.2. The average Bonchev–Trinajstić information content (AvgIpc) is 3.32. The van der Waals surface area contributed by atoms with E-state index in [4.69, 9.17) is 9.05 Å². The molecule has 3 unspecified atom stereocenters. The van der Waals surface area contributed by atoms with Crippen molar-refractivity contribution in [2.75, 3.05) is 40.9 Å². The predicted octanol–water partition coefficient (Wildman–Crippen LogP) is 18.8. The highest BCUT2D eigenvalue weighted by Gasteiger charge is 2.28. The van der Waals surface area contributed by atoms with E-state index in [2.05, 4.69) is 43.5 Å². The standard InChI is InChI=1S/C61H121N2O6P/c1-6-8-10-12-14-16-18-20-22-24-26-28-30-31-33-34-36-38-40-42-44-46-48-50-52-54-60(64)59(58-69-70(66,67)68-57-56-63(3,4)5)62-61(65)55-53-51-49-47-45-43-41-39-37-35-32-29-27-25-23-21-19-17-15-13-11-9-7-2/h27,29,35,37,59-60,64H,6-26,28,30-34,36,38-58H2,1-5H3,(H-,62,65,66,67)/p+1/b29-27-,37-35-. The maximum absolute atomic E-state index is 13.0. The van der Waals surface area contributed by atoms with Crippen molar-refractivity contribution >= 4 is 13.7 Å². The van der Waals surface area contributed by atoms with Crippen LogP contribution in [0.4, 0.5) is 0 Å². The van der Waals surface area contributed by atoms with Crippen LogP contribution in [0, 0.1) is 0 Å². The molecule has 3 atom stereocenters. The van der Waals surface area contributed by atoms with E-state index in [1.54, 1.807) is 0 Å². The molecule has 70 heavy (non-hydrogen) atoms. The summed E-state index contributed by atoms with van der Waals surface area (Å²) in [5, 5.41) is 14.1. The Bertz CT molecular complexity index is 1190. The van der Waals surface area contributed by atoms with Crippen LogP contribution in [0.5, 0.6) is 0 Å². The van der Waals surface area contributed by atoms with E-state index in [1.165, 1.54) is 231 Å². The largest absolute Gasteiger partial charge is 0.472 e. The summed E-state index contributed by atoms with van der Waals surface area (Å²) in [6.07, 6.45) is 66.7. The van der Waals surface area contributed by atoms with Gasteiger partial charge in [0.05, 0.1) is 39.9 Å². The SMILES string of the molecule is CCCCCCCCCCC/C=C\C/C=C\CCCCCCCCCC(=O)NC(COP(=O)(O)OCC[N+](C)(C)C)C(O)CCCCCCCCCCCCCCCCCCCCCCCCCCC. The lowest BCUT2D eigenvalue weighted by molar-refractivity contribution is -0.870. The van der Waals surface area contributed by atoms with E-state index in [0.29, 0.717) is 23.9 Å². The monoisotopic (exact) mass is 1010 g/mol. The van der Waals surface area contributed by atoms with Gasteiger partial charge < -0.3 is 19.8 Å². The van der Waals surface area contributed by atoms with E-state index in [9.17, 15) is 19.4 Å². The number of amides is 1. The molecule has 0 rings (SSSR count). The number of rotatable bonds is 57. The van der Waals surface area contributed by atoms with E-state index < -0.39 is 20.0 Å². The number of carbonyl (C=O) groups is 1. The molecule has 9 heteroatoms. The minimum atomic E-state index is -4.33. The first-order chi connectivity index (χ1) is 34.0. The molecule has 3 N–H and O–H groups in total. The van der Waals surface area contributed by atoms with Gasteiger partial charge in [-0.25, -0.2) is 4.57 Å². The van der Waals surface area contributed by atoms with Crippen molar-refractivity contribution in [1.82, 2.24) is 5.32 Å². The van der Waals surface area contributed by atoms with Crippen LogP contribution < -0.4 is 5.32 Å². The summed E-state index contributed by atoms with van der Waals surface area (Å²) in [5.41, 5.74) is 0. The Morgan fingerprint density at radius 3 is 1.17 bits per heavy atom. The number of unbranched alkanes of at least 4 members (excludes halogenated alkanes) is 40. The number of aliphatic hydroxyl groups excluding tert-OH is 1. The molecule has 0 spiro atoms. The van der Waals surface area contributed by atoms with E-state index in [0.717, 1.165) is 51.4 Å². The second kappa shape index (κ2) is 52.8. The van der Waals surface area contributed by atoms with Gasteiger partial charge in [-0.3, -0.25) is 13.8 Å². The van der Waals surface area contributed by atoms with Crippen LogP contribution in [0.15, 0.2) is 24.3 Å². The third-order valence-electron chi connectivity index (χ3n) is 14.2. The lowest BCUT2D eigenvalue weighted by atomic mass is 10.0. The van der Waals surface area contributed by atoms with Crippen molar-refractivity contribution in [2.45, 2.75) is 321 Å². The fraction of sp³-hybridized carbons (Fsp3) is 0.918. The highest BCUT2D eigenvalue weighted by atomic mass is 31.2. The minimum Gasteiger partial charge on any atom is -0.391 e.